The van der Waals surface area contributed by atoms with E-state index >= 15 is 0 Å². The molecule has 4 heteroatoms. The van der Waals surface area contributed by atoms with Crippen molar-refractivity contribution >= 4 is 11.9 Å². The molecule has 4 nitrogen and oxygen atoms in total. The van der Waals surface area contributed by atoms with Gasteiger partial charge in [-0.05, 0) is 62.8 Å². The van der Waals surface area contributed by atoms with Gasteiger partial charge in [0.05, 0.1) is 26.1 Å². The average Bonchev–Trinajstić information content (AvgIpc) is 2.83. The molecule has 0 saturated carbocycles. The van der Waals surface area contributed by atoms with Crippen molar-refractivity contribution < 1.29 is 19.1 Å². The monoisotopic (exact) mass is 458 g/mol. The summed E-state index contributed by atoms with van der Waals surface area (Å²) in [6.45, 7) is 4.88. The Morgan fingerprint density at radius 2 is 1.06 bits per heavy atom. The zero-order valence-corrected chi connectivity index (χ0v) is 20.3. The lowest BCUT2D eigenvalue weighted by Gasteiger charge is -2.05. The first-order valence-corrected chi connectivity index (χ1v) is 12.0. The van der Waals surface area contributed by atoms with Crippen LogP contribution in [0, 0.1) is 37.5 Å². The number of benzene rings is 2. The summed E-state index contributed by atoms with van der Waals surface area (Å²) in [5.74, 6) is 11.8. The van der Waals surface area contributed by atoms with Gasteiger partial charge in [-0.1, -0.05) is 60.1 Å². The van der Waals surface area contributed by atoms with Crippen LogP contribution in [0.1, 0.15) is 73.6 Å². The highest BCUT2D eigenvalue weighted by Gasteiger charge is 2.03. The molecule has 0 heterocycles. The summed E-state index contributed by atoms with van der Waals surface area (Å²) in [5.41, 5.74) is 4.26. The number of ether oxygens (including phenoxy) is 2. The van der Waals surface area contributed by atoms with Crippen molar-refractivity contribution in [2.24, 2.45) is 0 Å². The molecular formula is C30H34O4. The van der Waals surface area contributed by atoms with Gasteiger partial charge >= 0.3 is 11.9 Å². The molecule has 0 bridgehead atoms. The van der Waals surface area contributed by atoms with E-state index in [0.29, 0.717) is 38.9 Å². The van der Waals surface area contributed by atoms with Gasteiger partial charge in [0, 0.05) is 24.0 Å². The Balaban J connectivity index is 1.43. The van der Waals surface area contributed by atoms with E-state index < -0.39 is 0 Å². The fraction of sp³-hybridized carbons (Fsp3) is 0.400. The Hall–Kier alpha value is -3.50. The molecule has 34 heavy (non-hydrogen) atoms. The van der Waals surface area contributed by atoms with E-state index in [0.717, 1.165) is 47.9 Å². The quantitative estimate of drug-likeness (QED) is 0.238. The highest BCUT2D eigenvalue weighted by Crippen LogP contribution is 2.06. The van der Waals surface area contributed by atoms with Crippen LogP contribution in [0.3, 0.4) is 0 Å². The first-order chi connectivity index (χ1) is 16.6. The highest BCUT2D eigenvalue weighted by atomic mass is 16.5. The van der Waals surface area contributed by atoms with Crippen LogP contribution >= 0.6 is 0 Å². The fourth-order valence-electron chi connectivity index (χ4n) is 3.14. The van der Waals surface area contributed by atoms with Gasteiger partial charge in [-0.2, -0.15) is 0 Å². The minimum absolute atomic E-state index is 0.210. The van der Waals surface area contributed by atoms with Gasteiger partial charge in [0.1, 0.15) is 0 Å². The molecule has 0 fully saturated rings. The second-order valence-corrected chi connectivity index (χ2v) is 8.09. The van der Waals surface area contributed by atoms with Crippen molar-refractivity contribution in [3.05, 3.63) is 70.8 Å². The number of rotatable bonds is 11. The van der Waals surface area contributed by atoms with Crippen LogP contribution in [0.4, 0.5) is 0 Å². The van der Waals surface area contributed by atoms with E-state index in [2.05, 4.69) is 23.7 Å². The van der Waals surface area contributed by atoms with E-state index in [-0.39, 0.29) is 11.9 Å². The molecule has 0 aliphatic rings. The summed E-state index contributed by atoms with van der Waals surface area (Å²) in [7, 11) is 0. The maximum Gasteiger partial charge on any atom is 0.306 e. The normalized spacial score (nSPS) is 9.82. The molecule has 178 valence electrons. The number of aryl methyl sites for hydroxylation is 2. The van der Waals surface area contributed by atoms with Crippen LogP contribution in [0.5, 0.6) is 0 Å². The Kier molecular flexibility index (Phi) is 12.7. The van der Waals surface area contributed by atoms with Crippen LogP contribution in [-0.4, -0.2) is 25.2 Å². The van der Waals surface area contributed by atoms with Gasteiger partial charge in [-0.3, -0.25) is 9.59 Å². The van der Waals surface area contributed by atoms with Crippen molar-refractivity contribution in [2.75, 3.05) is 13.2 Å². The molecule has 0 amide bonds. The fourth-order valence-corrected chi connectivity index (χ4v) is 3.14. The Morgan fingerprint density at radius 3 is 1.47 bits per heavy atom. The van der Waals surface area contributed by atoms with E-state index in [1.165, 1.54) is 0 Å². The number of unbranched alkanes of at least 4 members (excludes halogenated alkanes) is 3. The standard InChI is InChI=1S/C30H34O4/c1-25-15-5-7-17-27(25)19-9-11-21-29(31)33-23-13-3-4-14-24-34-30(32)22-12-10-20-28-18-8-6-16-26(28)2/h5-8,15-18H,3-4,11-14,21-24H2,1-2H3. The average molecular weight is 459 g/mol. The first-order valence-electron chi connectivity index (χ1n) is 12.0. The smallest absolute Gasteiger partial charge is 0.306 e. The predicted octanol–water partition coefficient (Wildman–Crippen LogP) is 5.91. The third-order valence-corrected chi connectivity index (χ3v) is 5.21. The minimum atomic E-state index is -0.210. The molecule has 0 aliphatic carbocycles. The van der Waals surface area contributed by atoms with Crippen molar-refractivity contribution in [1.29, 1.82) is 0 Å². The van der Waals surface area contributed by atoms with Gasteiger partial charge in [0.25, 0.3) is 0 Å². The Morgan fingerprint density at radius 1 is 0.647 bits per heavy atom. The summed E-state index contributed by atoms with van der Waals surface area (Å²) in [5, 5.41) is 0. The molecule has 0 saturated heterocycles. The summed E-state index contributed by atoms with van der Waals surface area (Å²) < 4.78 is 10.5. The van der Waals surface area contributed by atoms with Crippen molar-refractivity contribution in [3.63, 3.8) is 0 Å². The Bertz CT molecular complexity index is 961. The van der Waals surface area contributed by atoms with Gasteiger partial charge < -0.3 is 9.47 Å². The van der Waals surface area contributed by atoms with Gasteiger partial charge in [0.15, 0.2) is 0 Å². The molecule has 0 aromatic heterocycles. The molecule has 2 rings (SSSR count). The van der Waals surface area contributed by atoms with Crippen LogP contribution < -0.4 is 0 Å². The maximum atomic E-state index is 11.8. The largest absolute Gasteiger partial charge is 0.466 e. The topological polar surface area (TPSA) is 52.6 Å². The molecular weight excluding hydrogens is 424 g/mol. The third-order valence-electron chi connectivity index (χ3n) is 5.21. The molecule has 0 unspecified atom stereocenters. The van der Waals surface area contributed by atoms with E-state index in [9.17, 15) is 9.59 Å². The van der Waals surface area contributed by atoms with Gasteiger partial charge in [-0.25, -0.2) is 0 Å². The second kappa shape index (κ2) is 16.2. The van der Waals surface area contributed by atoms with Crippen LogP contribution in [0.2, 0.25) is 0 Å². The zero-order chi connectivity index (χ0) is 24.4. The molecule has 0 atom stereocenters. The van der Waals surface area contributed by atoms with Crippen LogP contribution in [0.15, 0.2) is 48.5 Å². The zero-order valence-electron chi connectivity index (χ0n) is 20.3. The van der Waals surface area contributed by atoms with Crippen molar-refractivity contribution in [2.45, 2.75) is 65.2 Å². The molecule has 0 radical (unpaired) electrons. The molecule has 0 N–H and O–H groups in total. The third kappa shape index (κ3) is 11.4. The Labute approximate surface area is 204 Å². The molecule has 0 aliphatic heterocycles. The molecule has 2 aromatic rings. The number of carbonyl (C=O) groups is 2. The lowest BCUT2D eigenvalue weighted by molar-refractivity contribution is -0.144. The van der Waals surface area contributed by atoms with Crippen molar-refractivity contribution in [1.82, 2.24) is 0 Å². The lowest BCUT2D eigenvalue weighted by Crippen LogP contribution is -2.06. The number of esters is 2. The van der Waals surface area contributed by atoms with Gasteiger partial charge in [0.2, 0.25) is 0 Å². The van der Waals surface area contributed by atoms with Crippen LogP contribution in [-0.2, 0) is 19.1 Å². The summed E-state index contributed by atoms with van der Waals surface area (Å²) in [4.78, 5) is 23.6. The van der Waals surface area contributed by atoms with Gasteiger partial charge in [-0.15, -0.1) is 0 Å². The summed E-state index contributed by atoms with van der Waals surface area (Å²) in [6.07, 6.45) is 5.09. The molecule has 2 aromatic carbocycles. The maximum absolute atomic E-state index is 11.8. The van der Waals surface area contributed by atoms with E-state index in [1.54, 1.807) is 0 Å². The predicted molar refractivity (Wildman–Crippen MR) is 135 cm³/mol. The number of carbonyl (C=O) groups excluding carboxylic acids is 2. The second-order valence-electron chi connectivity index (χ2n) is 8.09. The van der Waals surface area contributed by atoms with Crippen molar-refractivity contribution in [3.8, 4) is 23.7 Å². The SMILES string of the molecule is Cc1ccccc1C#CCCC(=O)OCCCCCCOC(=O)CCC#Cc1ccccc1C. The number of hydrogen-bond donors (Lipinski definition) is 0. The van der Waals surface area contributed by atoms with E-state index in [4.69, 9.17) is 9.47 Å². The lowest BCUT2D eigenvalue weighted by atomic mass is 10.1. The van der Waals surface area contributed by atoms with E-state index in [1.807, 2.05) is 62.4 Å². The summed E-state index contributed by atoms with van der Waals surface area (Å²) >= 11 is 0. The summed E-state index contributed by atoms with van der Waals surface area (Å²) in [6, 6.07) is 15.9. The first kappa shape index (κ1) is 26.7. The number of hydrogen-bond acceptors (Lipinski definition) is 4. The minimum Gasteiger partial charge on any atom is -0.466 e. The highest BCUT2D eigenvalue weighted by molar-refractivity contribution is 5.70. The molecule has 0 spiro atoms. The van der Waals surface area contributed by atoms with Crippen LogP contribution in [0.25, 0.3) is 0 Å².